The summed E-state index contributed by atoms with van der Waals surface area (Å²) in [7, 11) is 0. The molecule has 8 heteroatoms. The highest BCUT2D eigenvalue weighted by molar-refractivity contribution is 9.10. The van der Waals surface area contributed by atoms with Crippen LogP contribution in [0.4, 0.5) is 17.1 Å². The number of halogens is 1. The fourth-order valence-electron chi connectivity index (χ4n) is 3.16. The van der Waals surface area contributed by atoms with E-state index in [4.69, 9.17) is 4.74 Å². The summed E-state index contributed by atoms with van der Waals surface area (Å²) in [5, 5.41) is 5.52. The largest absolute Gasteiger partial charge is 0.482 e. The molecule has 4 rings (SSSR count). The van der Waals surface area contributed by atoms with E-state index in [1.165, 1.54) is 0 Å². The fraction of sp³-hybridized carbons (Fsp3) is 0.211. The van der Waals surface area contributed by atoms with Gasteiger partial charge in [-0.2, -0.15) is 0 Å². The Balaban J connectivity index is 1.45. The van der Waals surface area contributed by atoms with Gasteiger partial charge in [-0.15, -0.1) is 0 Å². The van der Waals surface area contributed by atoms with Crippen LogP contribution in [0.5, 0.6) is 5.75 Å². The predicted molar refractivity (Wildman–Crippen MR) is 104 cm³/mol. The van der Waals surface area contributed by atoms with Crippen molar-refractivity contribution in [2.24, 2.45) is 5.92 Å². The molecular weight excluding hydrogens is 414 g/mol. The summed E-state index contributed by atoms with van der Waals surface area (Å²) in [5.74, 6) is -0.430. The lowest BCUT2D eigenvalue weighted by Gasteiger charge is -2.19. The van der Waals surface area contributed by atoms with Crippen molar-refractivity contribution < 1.29 is 19.1 Å². The van der Waals surface area contributed by atoms with Crippen molar-refractivity contribution in [3.8, 4) is 5.75 Å². The smallest absolute Gasteiger partial charge is 0.262 e. The number of anilines is 3. The molecule has 2 N–H and O–H groups in total. The average Bonchev–Trinajstić information content (AvgIpc) is 3.04. The van der Waals surface area contributed by atoms with E-state index < -0.39 is 5.92 Å². The number of carbonyl (C=O) groups excluding carboxylic acids is 3. The van der Waals surface area contributed by atoms with Gasteiger partial charge in [0, 0.05) is 28.8 Å². The van der Waals surface area contributed by atoms with Crippen molar-refractivity contribution in [1.82, 2.24) is 0 Å². The second-order valence-corrected chi connectivity index (χ2v) is 7.33. The molecule has 2 heterocycles. The minimum Gasteiger partial charge on any atom is -0.482 e. The minimum absolute atomic E-state index is 0.0191. The van der Waals surface area contributed by atoms with Crippen LogP contribution in [0.3, 0.4) is 0 Å². The molecule has 0 radical (unpaired) electrons. The first-order valence-corrected chi connectivity index (χ1v) is 9.22. The zero-order valence-electron chi connectivity index (χ0n) is 14.2. The Morgan fingerprint density at radius 3 is 2.74 bits per heavy atom. The number of ether oxygens (including phenoxy) is 1. The summed E-state index contributed by atoms with van der Waals surface area (Å²) in [6, 6.07) is 12.4. The number of hydrogen-bond donors (Lipinski definition) is 2. The third-order valence-electron chi connectivity index (χ3n) is 4.51. The quantitative estimate of drug-likeness (QED) is 0.784. The van der Waals surface area contributed by atoms with Crippen LogP contribution in [0, 0.1) is 5.92 Å². The lowest BCUT2D eigenvalue weighted by atomic mass is 10.1. The van der Waals surface area contributed by atoms with E-state index in [2.05, 4.69) is 26.6 Å². The zero-order valence-corrected chi connectivity index (χ0v) is 15.8. The van der Waals surface area contributed by atoms with Gasteiger partial charge in [-0.05, 0) is 42.5 Å². The second kappa shape index (κ2) is 7.03. The topological polar surface area (TPSA) is 87.7 Å². The Hall–Kier alpha value is -2.87. The summed E-state index contributed by atoms with van der Waals surface area (Å²) in [6.45, 7) is 0.311. The average molecular weight is 430 g/mol. The van der Waals surface area contributed by atoms with E-state index in [0.29, 0.717) is 23.7 Å². The van der Waals surface area contributed by atoms with E-state index >= 15 is 0 Å². The molecule has 0 bridgehead atoms. The number of carbonyl (C=O) groups is 3. The van der Waals surface area contributed by atoms with E-state index in [-0.39, 0.29) is 30.7 Å². The SMILES string of the molecule is O=C1COc2ccc(NC(=O)[C@H]3CC(=O)N(c4ccc(Br)cc4)C3)cc2N1. The maximum atomic E-state index is 12.6. The highest BCUT2D eigenvalue weighted by atomic mass is 79.9. The Kier molecular flexibility index (Phi) is 4.57. The number of fused-ring (bicyclic) bond motifs is 1. The third-order valence-corrected chi connectivity index (χ3v) is 5.04. The Morgan fingerprint density at radius 1 is 1.19 bits per heavy atom. The second-order valence-electron chi connectivity index (χ2n) is 6.42. The van der Waals surface area contributed by atoms with Gasteiger partial charge in [0.15, 0.2) is 6.61 Å². The fourth-order valence-corrected chi connectivity index (χ4v) is 3.42. The summed E-state index contributed by atoms with van der Waals surface area (Å²) < 4.78 is 6.23. The highest BCUT2D eigenvalue weighted by Gasteiger charge is 2.35. The first-order chi connectivity index (χ1) is 13.0. The third kappa shape index (κ3) is 3.66. The number of hydrogen-bond acceptors (Lipinski definition) is 4. The molecule has 2 aromatic rings. The van der Waals surface area contributed by atoms with Crippen molar-refractivity contribution in [2.45, 2.75) is 6.42 Å². The maximum absolute atomic E-state index is 12.6. The van der Waals surface area contributed by atoms with Gasteiger partial charge in [0.2, 0.25) is 11.8 Å². The van der Waals surface area contributed by atoms with Crippen molar-refractivity contribution in [2.75, 3.05) is 28.7 Å². The Morgan fingerprint density at radius 2 is 1.96 bits per heavy atom. The van der Waals surface area contributed by atoms with E-state index in [0.717, 1.165) is 10.2 Å². The van der Waals surface area contributed by atoms with Crippen molar-refractivity contribution in [3.63, 3.8) is 0 Å². The van der Waals surface area contributed by atoms with E-state index in [9.17, 15) is 14.4 Å². The molecule has 27 heavy (non-hydrogen) atoms. The number of nitrogens with one attached hydrogen (secondary N) is 2. The van der Waals surface area contributed by atoms with Crippen LogP contribution in [0.2, 0.25) is 0 Å². The molecule has 0 aromatic heterocycles. The van der Waals surface area contributed by atoms with Crippen LogP contribution in [0.15, 0.2) is 46.9 Å². The van der Waals surface area contributed by atoms with Gasteiger partial charge in [0.1, 0.15) is 5.75 Å². The van der Waals surface area contributed by atoms with Gasteiger partial charge >= 0.3 is 0 Å². The molecule has 2 aliphatic heterocycles. The monoisotopic (exact) mass is 429 g/mol. The first kappa shape index (κ1) is 17.5. The maximum Gasteiger partial charge on any atom is 0.262 e. The summed E-state index contributed by atoms with van der Waals surface area (Å²) in [5.41, 5.74) is 1.83. The summed E-state index contributed by atoms with van der Waals surface area (Å²) in [4.78, 5) is 38.0. The Bertz CT molecular complexity index is 929. The molecule has 2 aromatic carbocycles. The lowest BCUT2D eigenvalue weighted by Crippen LogP contribution is -2.28. The Labute approximate surface area is 163 Å². The number of benzene rings is 2. The molecule has 3 amide bonds. The van der Waals surface area contributed by atoms with E-state index in [1.54, 1.807) is 23.1 Å². The van der Waals surface area contributed by atoms with Gasteiger partial charge in [0.05, 0.1) is 11.6 Å². The molecule has 0 unspecified atom stereocenters. The van der Waals surface area contributed by atoms with Crippen LogP contribution in [0.1, 0.15) is 6.42 Å². The van der Waals surface area contributed by atoms with Crippen molar-refractivity contribution >= 4 is 50.7 Å². The first-order valence-electron chi connectivity index (χ1n) is 8.43. The standard InChI is InChI=1S/C19H16BrN3O4/c20-12-1-4-14(5-2-12)23-9-11(7-18(23)25)19(26)21-13-3-6-16-15(8-13)22-17(24)10-27-16/h1-6,8,11H,7,9-10H2,(H,21,26)(H,22,24)/t11-/m0/s1. The molecule has 7 nitrogen and oxygen atoms in total. The number of rotatable bonds is 3. The molecule has 0 spiro atoms. The van der Waals surface area contributed by atoms with Crippen LogP contribution in [0.25, 0.3) is 0 Å². The van der Waals surface area contributed by atoms with Crippen LogP contribution >= 0.6 is 15.9 Å². The molecule has 1 fully saturated rings. The van der Waals surface area contributed by atoms with Gasteiger partial charge in [0.25, 0.3) is 5.91 Å². The number of nitrogens with zero attached hydrogens (tertiary/aromatic N) is 1. The van der Waals surface area contributed by atoms with Gasteiger partial charge < -0.3 is 20.3 Å². The molecule has 0 aliphatic carbocycles. The molecular formula is C19H16BrN3O4. The molecule has 1 saturated heterocycles. The van der Waals surface area contributed by atoms with Gasteiger partial charge in [-0.3, -0.25) is 14.4 Å². The lowest BCUT2D eigenvalue weighted by molar-refractivity contribution is -0.122. The van der Waals surface area contributed by atoms with Crippen molar-refractivity contribution in [1.29, 1.82) is 0 Å². The van der Waals surface area contributed by atoms with E-state index in [1.807, 2.05) is 24.3 Å². The summed E-state index contributed by atoms with van der Waals surface area (Å²) >= 11 is 3.37. The van der Waals surface area contributed by atoms with Gasteiger partial charge in [-0.25, -0.2) is 0 Å². The zero-order chi connectivity index (χ0) is 19.0. The van der Waals surface area contributed by atoms with Crippen LogP contribution < -0.4 is 20.3 Å². The molecule has 2 aliphatic rings. The molecule has 0 saturated carbocycles. The van der Waals surface area contributed by atoms with Crippen molar-refractivity contribution in [3.05, 3.63) is 46.9 Å². The highest BCUT2D eigenvalue weighted by Crippen LogP contribution is 2.31. The predicted octanol–water partition coefficient (Wildman–Crippen LogP) is 2.77. The van der Waals surface area contributed by atoms with Crippen LogP contribution in [-0.2, 0) is 14.4 Å². The minimum atomic E-state index is -0.442. The number of amides is 3. The normalized spacial score (nSPS) is 18.6. The molecule has 138 valence electrons. The van der Waals surface area contributed by atoms with Gasteiger partial charge in [-0.1, -0.05) is 15.9 Å². The molecule has 1 atom stereocenters. The van der Waals surface area contributed by atoms with Crippen LogP contribution in [-0.4, -0.2) is 30.9 Å². The summed E-state index contributed by atoms with van der Waals surface area (Å²) in [6.07, 6.45) is 0.159.